The standard InChI is InChI=1S/C10H7BrN4O3/c11-8-5-13-10(12)14-9(8)18-7-3-1-2-6(4-7)15(16)17/h1-5H,(H2,12,13,14). The highest BCUT2D eigenvalue weighted by atomic mass is 79.9. The van der Waals surface area contributed by atoms with E-state index < -0.39 is 4.92 Å². The summed E-state index contributed by atoms with van der Waals surface area (Å²) in [5.41, 5.74) is 5.36. The van der Waals surface area contributed by atoms with Gasteiger partial charge in [0.05, 0.1) is 21.7 Å². The zero-order chi connectivity index (χ0) is 13.1. The van der Waals surface area contributed by atoms with Crippen LogP contribution in [-0.2, 0) is 0 Å². The van der Waals surface area contributed by atoms with Gasteiger partial charge in [-0.2, -0.15) is 4.98 Å². The summed E-state index contributed by atoms with van der Waals surface area (Å²) >= 11 is 3.20. The van der Waals surface area contributed by atoms with Gasteiger partial charge in [0.15, 0.2) is 0 Å². The van der Waals surface area contributed by atoms with E-state index in [0.717, 1.165) is 0 Å². The highest BCUT2D eigenvalue weighted by Gasteiger charge is 2.10. The second-order valence-electron chi connectivity index (χ2n) is 3.24. The van der Waals surface area contributed by atoms with E-state index in [1.807, 2.05) is 0 Å². The van der Waals surface area contributed by atoms with Gasteiger partial charge in [-0.25, -0.2) is 4.98 Å². The van der Waals surface area contributed by atoms with Crippen LogP contribution in [0.15, 0.2) is 34.9 Å². The molecule has 1 aromatic carbocycles. The highest BCUT2D eigenvalue weighted by Crippen LogP contribution is 2.29. The van der Waals surface area contributed by atoms with E-state index in [1.54, 1.807) is 6.07 Å². The lowest BCUT2D eigenvalue weighted by molar-refractivity contribution is -0.384. The molecule has 92 valence electrons. The van der Waals surface area contributed by atoms with Crippen molar-refractivity contribution >= 4 is 27.6 Å². The normalized spacial score (nSPS) is 10.1. The summed E-state index contributed by atoms with van der Waals surface area (Å²) in [6.07, 6.45) is 1.44. The SMILES string of the molecule is Nc1ncc(Br)c(Oc2cccc([N+](=O)[O-])c2)n1. The molecule has 0 unspecified atom stereocenters. The topological polar surface area (TPSA) is 104 Å². The molecule has 0 aliphatic rings. The Hall–Kier alpha value is -2.22. The Morgan fingerprint density at radius 2 is 2.22 bits per heavy atom. The first kappa shape index (κ1) is 12.2. The van der Waals surface area contributed by atoms with Crippen LogP contribution in [0, 0.1) is 10.1 Å². The largest absolute Gasteiger partial charge is 0.437 e. The van der Waals surface area contributed by atoms with Crippen LogP contribution in [-0.4, -0.2) is 14.9 Å². The maximum absolute atomic E-state index is 10.6. The van der Waals surface area contributed by atoms with E-state index in [9.17, 15) is 10.1 Å². The van der Waals surface area contributed by atoms with Crippen LogP contribution in [0.4, 0.5) is 11.6 Å². The fraction of sp³-hybridized carbons (Fsp3) is 0. The number of benzene rings is 1. The molecule has 0 atom stereocenters. The van der Waals surface area contributed by atoms with E-state index >= 15 is 0 Å². The molecule has 7 nitrogen and oxygen atoms in total. The van der Waals surface area contributed by atoms with Crippen molar-refractivity contribution in [3.8, 4) is 11.6 Å². The lowest BCUT2D eigenvalue weighted by Gasteiger charge is -2.06. The van der Waals surface area contributed by atoms with Gasteiger partial charge in [0, 0.05) is 6.07 Å². The van der Waals surface area contributed by atoms with Crippen LogP contribution >= 0.6 is 15.9 Å². The van der Waals surface area contributed by atoms with Crippen molar-refractivity contribution in [2.24, 2.45) is 0 Å². The molecule has 1 aromatic heterocycles. The van der Waals surface area contributed by atoms with Gasteiger partial charge in [0.1, 0.15) is 5.75 Å². The van der Waals surface area contributed by atoms with Crippen molar-refractivity contribution in [3.63, 3.8) is 0 Å². The fourth-order valence-corrected chi connectivity index (χ4v) is 1.48. The molecule has 0 amide bonds. The van der Waals surface area contributed by atoms with E-state index in [1.165, 1.54) is 24.4 Å². The fourth-order valence-electron chi connectivity index (χ4n) is 1.21. The Morgan fingerprint density at radius 1 is 1.44 bits per heavy atom. The Balaban J connectivity index is 2.31. The third-order valence-corrected chi connectivity index (χ3v) is 2.52. The summed E-state index contributed by atoms with van der Waals surface area (Å²) in [5.74, 6) is 0.546. The molecule has 1 heterocycles. The average molecular weight is 311 g/mol. The zero-order valence-electron chi connectivity index (χ0n) is 8.91. The van der Waals surface area contributed by atoms with Crippen molar-refractivity contribution in [3.05, 3.63) is 45.0 Å². The number of ether oxygens (including phenoxy) is 1. The molecule has 2 N–H and O–H groups in total. The summed E-state index contributed by atoms with van der Waals surface area (Å²) in [5, 5.41) is 10.6. The highest BCUT2D eigenvalue weighted by molar-refractivity contribution is 9.10. The smallest absolute Gasteiger partial charge is 0.273 e. The number of aromatic nitrogens is 2. The number of rotatable bonds is 3. The molecule has 18 heavy (non-hydrogen) atoms. The second-order valence-corrected chi connectivity index (χ2v) is 4.09. The van der Waals surface area contributed by atoms with E-state index in [4.69, 9.17) is 10.5 Å². The Bertz CT molecular complexity index is 605. The van der Waals surface area contributed by atoms with Crippen LogP contribution in [0.2, 0.25) is 0 Å². The lowest BCUT2D eigenvalue weighted by Crippen LogP contribution is -1.97. The predicted octanol–water partition coefficient (Wildman–Crippen LogP) is 2.52. The Kier molecular flexibility index (Phi) is 3.38. The molecule has 0 aliphatic heterocycles. The molecule has 0 saturated carbocycles. The number of nitrogens with two attached hydrogens (primary N) is 1. The number of nitrogens with zero attached hydrogens (tertiary/aromatic N) is 3. The van der Waals surface area contributed by atoms with Crippen molar-refractivity contribution in [2.75, 3.05) is 5.73 Å². The van der Waals surface area contributed by atoms with E-state index in [0.29, 0.717) is 10.2 Å². The first-order valence-corrected chi connectivity index (χ1v) is 5.56. The molecule has 2 aromatic rings. The maximum Gasteiger partial charge on any atom is 0.273 e. The van der Waals surface area contributed by atoms with Gasteiger partial charge in [0.2, 0.25) is 11.8 Å². The number of hydrogen-bond acceptors (Lipinski definition) is 6. The van der Waals surface area contributed by atoms with Crippen molar-refractivity contribution in [2.45, 2.75) is 0 Å². The van der Waals surface area contributed by atoms with Crippen molar-refractivity contribution < 1.29 is 9.66 Å². The summed E-state index contributed by atoms with van der Waals surface area (Å²) < 4.78 is 5.90. The molecule has 0 aliphatic carbocycles. The Labute approximate surface area is 110 Å². The van der Waals surface area contributed by atoms with Crippen LogP contribution in [0.5, 0.6) is 11.6 Å². The number of nitrogen functional groups attached to an aromatic ring is 1. The summed E-state index contributed by atoms with van der Waals surface area (Å²) in [6, 6.07) is 5.77. The number of anilines is 1. The summed E-state index contributed by atoms with van der Waals surface area (Å²) in [7, 11) is 0. The van der Waals surface area contributed by atoms with Gasteiger partial charge in [0.25, 0.3) is 5.69 Å². The van der Waals surface area contributed by atoms with E-state index in [2.05, 4.69) is 25.9 Å². The zero-order valence-corrected chi connectivity index (χ0v) is 10.5. The van der Waals surface area contributed by atoms with Gasteiger partial charge in [-0.05, 0) is 22.0 Å². The van der Waals surface area contributed by atoms with Crippen LogP contribution < -0.4 is 10.5 Å². The predicted molar refractivity (Wildman–Crippen MR) is 67.3 cm³/mol. The molecule has 0 saturated heterocycles. The minimum Gasteiger partial charge on any atom is -0.437 e. The minimum absolute atomic E-state index is 0.0543. The first-order valence-electron chi connectivity index (χ1n) is 4.76. The lowest BCUT2D eigenvalue weighted by atomic mass is 10.3. The third-order valence-electron chi connectivity index (χ3n) is 1.97. The number of non-ortho nitro benzene ring substituents is 1. The average Bonchev–Trinajstić information content (AvgIpc) is 2.34. The molecular formula is C10H7BrN4O3. The molecular weight excluding hydrogens is 304 g/mol. The summed E-state index contributed by atoms with van der Waals surface area (Å²) in [4.78, 5) is 17.7. The van der Waals surface area contributed by atoms with Gasteiger partial charge < -0.3 is 10.5 Å². The van der Waals surface area contributed by atoms with Crippen LogP contribution in [0.25, 0.3) is 0 Å². The quantitative estimate of drug-likeness (QED) is 0.690. The molecule has 2 rings (SSSR count). The first-order chi connectivity index (χ1) is 8.56. The number of nitro benzene ring substituents is 1. The second kappa shape index (κ2) is 4.96. The number of hydrogen-bond donors (Lipinski definition) is 1. The number of nitro groups is 1. The molecule has 0 fully saturated rings. The van der Waals surface area contributed by atoms with Gasteiger partial charge in [-0.1, -0.05) is 6.07 Å². The van der Waals surface area contributed by atoms with Crippen LogP contribution in [0.3, 0.4) is 0 Å². The van der Waals surface area contributed by atoms with Gasteiger partial charge >= 0.3 is 0 Å². The van der Waals surface area contributed by atoms with E-state index in [-0.39, 0.29) is 17.5 Å². The third kappa shape index (κ3) is 2.72. The number of halogens is 1. The minimum atomic E-state index is -0.504. The summed E-state index contributed by atoms with van der Waals surface area (Å²) in [6.45, 7) is 0. The van der Waals surface area contributed by atoms with Gasteiger partial charge in [-0.3, -0.25) is 10.1 Å². The molecule has 8 heteroatoms. The molecule has 0 spiro atoms. The maximum atomic E-state index is 10.6. The van der Waals surface area contributed by atoms with Crippen molar-refractivity contribution in [1.29, 1.82) is 0 Å². The van der Waals surface area contributed by atoms with Gasteiger partial charge in [-0.15, -0.1) is 0 Å². The van der Waals surface area contributed by atoms with Crippen LogP contribution in [0.1, 0.15) is 0 Å². The molecule has 0 radical (unpaired) electrons. The monoisotopic (exact) mass is 310 g/mol. The van der Waals surface area contributed by atoms with Crippen molar-refractivity contribution in [1.82, 2.24) is 9.97 Å². The molecule has 0 bridgehead atoms. The Morgan fingerprint density at radius 3 is 2.94 bits per heavy atom.